The molecule has 0 bridgehead atoms. The van der Waals surface area contributed by atoms with Crippen LogP contribution in [-0.2, 0) is 13.0 Å². The van der Waals surface area contributed by atoms with Crippen molar-refractivity contribution in [1.82, 2.24) is 9.66 Å². The molecule has 0 amide bonds. The van der Waals surface area contributed by atoms with Gasteiger partial charge in [0, 0.05) is 20.9 Å². The van der Waals surface area contributed by atoms with Crippen LogP contribution in [0, 0.1) is 0 Å². The van der Waals surface area contributed by atoms with E-state index in [2.05, 4.69) is 41.9 Å². The number of hydrogen-bond donors (Lipinski definition) is 1. The number of rotatable bonds is 8. The van der Waals surface area contributed by atoms with E-state index in [-0.39, 0.29) is 17.7 Å². The number of aromatic nitrogens is 2. The number of carboxylic acid groups (broad SMARTS) is 1. The molecule has 0 radical (unpaired) electrons. The van der Waals surface area contributed by atoms with E-state index in [9.17, 15) is 14.7 Å². The van der Waals surface area contributed by atoms with Crippen LogP contribution in [0.1, 0.15) is 34.2 Å². The van der Waals surface area contributed by atoms with E-state index in [4.69, 9.17) is 9.47 Å². The molecule has 8 nitrogen and oxygen atoms in total. The first-order chi connectivity index (χ1) is 17.3. The molecule has 10 heteroatoms. The molecule has 184 valence electrons. The number of methoxy groups -OCH3 is 1. The van der Waals surface area contributed by atoms with E-state index in [0.717, 1.165) is 4.47 Å². The molecule has 36 heavy (non-hydrogen) atoms. The summed E-state index contributed by atoms with van der Waals surface area (Å²) >= 11 is 6.93. The molecule has 0 saturated heterocycles. The van der Waals surface area contributed by atoms with Crippen molar-refractivity contribution in [1.29, 1.82) is 0 Å². The Morgan fingerprint density at radius 2 is 1.94 bits per heavy atom. The first-order valence-electron chi connectivity index (χ1n) is 10.9. The van der Waals surface area contributed by atoms with Gasteiger partial charge in [0.05, 0.1) is 29.8 Å². The van der Waals surface area contributed by atoms with Gasteiger partial charge in [0.25, 0.3) is 5.56 Å². The van der Waals surface area contributed by atoms with Crippen molar-refractivity contribution in [3.8, 4) is 11.5 Å². The summed E-state index contributed by atoms with van der Waals surface area (Å²) < 4.78 is 14.1. The summed E-state index contributed by atoms with van der Waals surface area (Å²) in [7, 11) is 1.52. The fourth-order valence-electron chi connectivity index (χ4n) is 3.54. The molecule has 3 aromatic carbocycles. The molecular formula is C26H21Br2N3O5. The number of nitrogens with zero attached hydrogens (tertiary/aromatic N) is 3. The average molecular weight is 615 g/mol. The quantitative estimate of drug-likeness (QED) is 0.257. The third-order valence-corrected chi connectivity index (χ3v) is 6.54. The Hall–Kier alpha value is -3.50. The van der Waals surface area contributed by atoms with Crippen LogP contribution in [-0.4, -0.2) is 34.1 Å². The number of hydrogen-bond acceptors (Lipinski definition) is 6. The monoisotopic (exact) mass is 613 g/mol. The molecule has 0 aliphatic heterocycles. The Morgan fingerprint density at radius 1 is 1.14 bits per heavy atom. The molecule has 1 heterocycles. The Bertz CT molecular complexity index is 1550. The summed E-state index contributed by atoms with van der Waals surface area (Å²) in [4.78, 5) is 28.9. The maximum atomic E-state index is 13.1. The smallest absolute Gasteiger partial charge is 0.335 e. The van der Waals surface area contributed by atoms with Crippen molar-refractivity contribution in [2.24, 2.45) is 5.10 Å². The molecule has 0 aliphatic rings. The van der Waals surface area contributed by atoms with E-state index in [0.29, 0.717) is 50.2 Å². The van der Waals surface area contributed by atoms with Gasteiger partial charge in [0.1, 0.15) is 12.4 Å². The highest BCUT2D eigenvalue weighted by atomic mass is 79.9. The molecule has 0 saturated carbocycles. The third kappa shape index (κ3) is 5.50. The fraction of sp³-hybridized carbons (Fsp3) is 0.154. The van der Waals surface area contributed by atoms with Crippen LogP contribution in [0.15, 0.2) is 73.4 Å². The maximum Gasteiger partial charge on any atom is 0.335 e. The number of ether oxygens (including phenoxy) is 2. The van der Waals surface area contributed by atoms with Gasteiger partial charge < -0.3 is 14.6 Å². The normalized spacial score (nSPS) is 11.2. The summed E-state index contributed by atoms with van der Waals surface area (Å²) in [6.45, 7) is 2.07. The molecular weight excluding hydrogens is 594 g/mol. The van der Waals surface area contributed by atoms with Gasteiger partial charge in [0.2, 0.25) is 0 Å². The summed E-state index contributed by atoms with van der Waals surface area (Å²) in [5.74, 6) is 0.460. The lowest BCUT2D eigenvalue weighted by atomic mass is 10.1. The predicted octanol–water partition coefficient (Wildman–Crippen LogP) is 5.65. The van der Waals surface area contributed by atoms with E-state index in [1.807, 2.05) is 13.0 Å². The Balaban J connectivity index is 1.64. The fourth-order valence-corrected chi connectivity index (χ4v) is 4.33. The predicted molar refractivity (Wildman–Crippen MR) is 145 cm³/mol. The van der Waals surface area contributed by atoms with E-state index in [1.54, 1.807) is 48.7 Å². The molecule has 4 rings (SSSR count). The summed E-state index contributed by atoms with van der Waals surface area (Å²) in [5, 5.41) is 14.1. The van der Waals surface area contributed by atoms with Crippen molar-refractivity contribution in [2.45, 2.75) is 20.0 Å². The topological polar surface area (TPSA) is 103 Å². The molecule has 0 fully saturated rings. The van der Waals surface area contributed by atoms with E-state index >= 15 is 0 Å². The SMILES string of the molecule is CCc1nc2ccc(Br)cc2c(=O)n1N=Cc1cc(OC)c(OCc2cccc(C(=O)O)c2)cc1Br. The van der Waals surface area contributed by atoms with Crippen LogP contribution >= 0.6 is 31.9 Å². The molecule has 0 aliphatic carbocycles. The van der Waals surface area contributed by atoms with Crippen LogP contribution in [0.3, 0.4) is 0 Å². The molecule has 1 aromatic heterocycles. The minimum Gasteiger partial charge on any atom is -0.493 e. The van der Waals surface area contributed by atoms with Gasteiger partial charge in [-0.2, -0.15) is 9.78 Å². The second-order valence-electron chi connectivity index (χ2n) is 7.72. The highest BCUT2D eigenvalue weighted by molar-refractivity contribution is 9.10. The summed E-state index contributed by atoms with van der Waals surface area (Å²) in [5.41, 5.74) is 1.91. The van der Waals surface area contributed by atoms with Crippen LogP contribution in [0.4, 0.5) is 0 Å². The number of carboxylic acids is 1. The van der Waals surface area contributed by atoms with Crippen molar-refractivity contribution in [3.63, 3.8) is 0 Å². The van der Waals surface area contributed by atoms with E-state index < -0.39 is 5.97 Å². The van der Waals surface area contributed by atoms with Crippen LogP contribution in [0.2, 0.25) is 0 Å². The first-order valence-corrected chi connectivity index (χ1v) is 12.5. The van der Waals surface area contributed by atoms with Gasteiger partial charge in [-0.3, -0.25) is 4.79 Å². The van der Waals surface area contributed by atoms with Gasteiger partial charge >= 0.3 is 5.97 Å². The van der Waals surface area contributed by atoms with Crippen molar-refractivity contribution < 1.29 is 19.4 Å². The largest absolute Gasteiger partial charge is 0.493 e. The standard InChI is InChI=1S/C26H21Br2N3O5/c1-3-24-30-21-8-7-18(27)11-19(21)25(32)31(24)29-13-17-10-22(35-2)23(12-20(17)28)36-14-15-5-4-6-16(9-15)26(33)34/h4-13H,3,14H2,1-2H3,(H,33,34). The molecule has 0 spiro atoms. The average Bonchev–Trinajstić information content (AvgIpc) is 2.88. The van der Waals surface area contributed by atoms with Crippen molar-refractivity contribution in [3.05, 3.63) is 96.4 Å². The van der Waals surface area contributed by atoms with Crippen LogP contribution in [0.5, 0.6) is 11.5 Å². The zero-order valence-corrected chi connectivity index (χ0v) is 22.5. The highest BCUT2D eigenvalue weighted by Crippen LogP contribution is 2.33. The second kappa shape index (κ2) is 11.0. The summed E-state index contributed by atoms with van der Waals surface area (Å²) in [6, 6.07) is 15.4. The minimum absolute atomic E-state index is 0.158. The number of aryl methyl sites for hydroxylation is 1. The van der Waals surface area contributed by atoms with Gasteiger partial charge in [-0.25, -0.2) is 9.78 Å². The minimum atomic E-state index is -1.000. The molecule has 4 aromatic rings. The van der Waals surface area contributed by atoms with Crippen molar-refractivity contribution in [2.75, 3.05) is 7.11 Å². The number of benzene rings is 3. The zero-order chi connectivity index (χ0) is 25.8. The highest BCUT2D eigenvalue weighted by Gasteiger charge is 2.13. The number of fused-ring (bicyclic) bond motifs is 1. The number of carbonyl (C=O) groups is 1. The molecule has 1 N–H and O–H groups in total. The molecule has 0 unspecified atom stereocenters. The lowest BCUT2D eigenvalue weighted by Crippen LogP contribution is -2.22. The Labute approximate surface area is 223 Å². The van der Waals surface area contributed by atoms with Gasteiger partial charge in [0.15, 0.2) is 11.5 Å². The maximum absolute atomic E-state index is 13.1. The van der Waals surface area contributed by atoms with Crippen LogP contribution < -0.4 is 15.0 Å². The zero-order valence-electron chi connectivity index (χ0n) is 19.4. The van der Waals surface area contributed by atoms with Gasteiger partial charge in [-0.15, -0.1) is 0 Å². The lowest BCUT2D eigenvalue weighted by molar-refractivity contribution is 0.0696. The van der Waals surface area contributed by atoms with E-state index in [1.165, 1.54) is 17.9 Å². The Kier molecular flexibility index (Phi) is 7.85. The van der Waals surface area contributed by atoms with Crippen LogP contribution in [0.25, 0.3) is 10.9 Å². The van der Waals surface area contributed by atoms with Crippen molar-refractivity contribution >= 4 is 54.9 Å². The molecule has 0 atom stereocenters. The second-order valence-corrected chi connectivity index (χ2v) is 9.49. The summed E-state index contributed by atoms with van der Waals surface area (Å²) in [6.07, 6.45) is 2.08. The van der Waals surface area contributed by atoms with Gasteiger partial charge in [-0.05, 0) is 64.0 Å². The lowest BCUT2D eigenvalue weighted by Gasteiger charge is -2.13. The first kappa shape index (κ1) is 25.6. The van der Waals surface area contributed by atoms with Gasteiger partial charge in [-0.1, -0.05) is 35.0 Å². The Morgan fingerprint density at radius 3 is 2.67 bits per heavy atom. The number of halogens is 2. The third-order valence-electron chi connectivity index (χ3n) is 5.36. The number of aromatic carboxylic acids is 1.